The molecule has 2 heteroatoms. The van der Waals surface area contributed by atoms with Gasteiger partial charge < -0.3 is 5.11 Å². The summed E-state index contributed by atoms with van der Waals surface area (Å²) in [5.41, 5.74) is 0.358. The lowest BCUT2D eigenvalue weighted by atomic mass is 10.1. The molecule has 0 spiro atoms. The average Bonchev–Trinajstić information content (AvgIpc) is 2.56. The van der Waals surface area contributed by atoms with Gasteiger partial charge in [0.25, 0.3) is 0 Å². The van der Waals surface area contributed by atoms with Crippen molar-refractivity contribution in [2.45, 2.75) is 38.3 Å². The van der Waals surface area contributed by atoms with E-state index in [0.717, 1.165) is 6.42 Å². The molecule has 0 saturated carbocycles. The van der Waals surface area contributed by atoms with Gasteiger partial charge in [0.05, 0.1) is 6.61 Å². The van der Waals surface area contributed by atoms with Crippen LogP contribution in [0.1, 0.15) is 32.6 Å². The van der Waals surface area contributed by atoms with E-state index in [-0.39, 0.29) is 6.61 Å². The SMILES string of the molecule is CCCCC[C@H](CO)P(c1ccccc1)c1ccccc1. The van der Waals surface area contributed by atoms with E-state index in [0.29, 0.717) is 5.66 Å². The van der Waals surface area contributed by atoms with Gasteiger partial charge in [0.2, 0.25) is 0 Å². The van der Waals surface area contributed by atoms with Crippen molar-refractivity contribution in [3.05, 3.63) is 60.7 Å². The highest BCUT2D eigenvalue weighted by Gasteiger charge is 2.23. The standard InChI is InChI=1S/C19H25OP/c1-2-3-6-15-19(16-20)21(17-11-7-4-8-12-17)18-13-9-5-10-14-18/h4-5,7-14,19-20H,2-3,6,15-16H2,1H3/t19-/m1/s1. The van der Waals surface area contributed by atoms with Gasteiger partial charge in [-0.3, -0.25) is 0 Å². The Morgan fingerprint density at radius 3 is 1.81 bits per heavy atom. The molecular formula is C19H25OP. The fraction of sp³-hybridized carbons (Fsp3) is 0.368. The fourth-order valence-electron chi connectivity index (χ4n) is 2.68. The normalized spacial score (nSPS) is 12.5. The van der Waals surface area contributed by atoms with Gasteiger partial charge in [-0.2, -0.15) is 0 Å². The second-order valence-corrected chi connectivity index (χ2v) is 7.88. The van der Waals surface area contributed by atoms with Crippen molar-refractivity contribution in [1.82, 2.24) is 0 Å². The van der Waals surface area contributed by atoms with Crippen LogP contribution in [-0.2, 0) is 0 Å². The van der Waals surface area contributed by atoms with Gasteiger partial charge in [-0.15, -0.1) is 0 Å². The molecule has 0 aliphatic carbocycles. The molecule has 2 aromatic carbocycles. The lowest BCUT2D eigenvalue weighted by molar-refractivity contribution is 0.287. The summed E-state index contributed by atoms with van der Waals surface area (Å²) in [4.78, 5) is 0. The summed E-state index contributed by atoms with van der Waals surface area (Å²) < 4.78 is 0. The Kier molecular flexibility index (Phi) is 6.92. The summed E-state index contributed by atoms with van der Waals surface area (Å²) in [5.74, 6) is 0. The molecule has 1 nitrogen and oxygen atoms in total. The third-order valence-corrected chi connectivity index (χ3v) is 6.65. The van der Waals surface area contributed by atoms with Gasteiger partial charge in [-0.1, -0.05) is 86.8 Å². The first-order valence-electron chi connectivity index (χ1n) is 7.87. The predicted octanol–water partition coefficient (Wildman–Crippen LogP) is 4.06. The minimum Gasteiger partial charge on any atom is -0.396 e. The molecule has 0 amide bonds. The van der Waals surface area contributed by atoms with Crippen molar-refractivity contribution in [2.24, 2.45) is 0 Å². The van der Waals surface area contributed by atoms with E-state index in [9.17, 15) is 5.11 Å². The van der Waals surface area contributed by atoms with E-state index in [2.05, 4.69) is 67.6 Å². The maximum atomic E-state index is 9.93. The molecule has 112 valence electrons. The lowest BCUT2D eigenvalue weighted by Crippen LogP contribution is -2.24. The molecular weight excluding hydrogens is 275 g/mol. The van der Waals surface area contributed by atoms with E-state index < -0.39 is 7.92 Å². The maximum Gasteiger partial charge on any atom is 0.0504 e. The van der Waals surface area contributed by atoms with Crippen LogP contribution in [0, 0.1) is 0 Å². The number of aliphatic hydroxyl groups is 1. The zero-order chi connectivity index (χ0) is 14.9. The third-order valence-electron chi connectivity index (χ3n) is 3.79. The molecule has 2 rings (SSSR count). The maximum absolute atomic E-state index is 9.93. The first-order chi connectivity index (χ1) is 10.4. The van der Waals surface area contributed by atoms with Crippen LogP contribution in [0.4, 0.5) is 0 Å². The van der Waals surface area contributed by atoms with Crippen LogP contribution in [0.5, 0.6) is 0 Å². The number of benzene rings is 2. The summed E-state index contributed by atoms with van der Waals surface area (Å²) in [7, 11) is -0.481. The van der Waals surface area contributed by atoms with Gasteiger partial charge in [-0.05, 0) is 25.0 Å². The first-order valence-corrected chi connectivity index (χ1v) is 9.28. The second kappa shape index (κ2) is 8.97. The number of unbranched alkanes of at least 4 members (excludes halogenated alkanes) is 2. The van der Waals surface area contributed by atoms with Crippen molar-refractivity contribution in [2.75, 3.05) is 6.61 Å². The van der Waals surface area contributed by atoms with Crippen molar-refractivity contribution < 1.29 is 5.11 Å². The van der Waals surface area contributed by atoms with Crippen LogP contribution in [-0.4, -0.2) is 17.4 Å². The largest absolute Gasteiger partial charge is 0.396 e. The Morgan fingerprint density at radius 1 is 0.857 bits per heavy atom. The van der Waals surface area contributed by atoms with Crippen LogP contribution in [0.25, 0.3) is 0 Å². The molecule has 0 aliphatic heterocycles. The second-order valence-electron chi connectivity index (χ2n) is 5.37. The summed E-state index contributed by atoms with van der Waals surface area (Å²) >= 11 is 0. The number of hydrogen-bond donors (Lipinski definition) is 1. The van der Waals surface area contributed by atoms with Crippen molar-refractivity contribution in [1.29, 1.82) is 0 Å². The number of rotatable bonds is 8. The van der Waals surface area contributed by atoms with Gasteiger partial charge in [0.15, 0.2) is 0 Å². The summed E-state index contributed by atoms with van der Waals surface area (Å²) in [6, 6.07) is 21.4. The van der Waals surface area contributed by atoms with E-state index in [4.69, 9.17) is 0 Å². The zero-order valence-electron chi connectivity index (χ0n) is 12.8. The molecule has 0 aromatic heterocycles. The lowest BCUT2D eigenvalue weighted by Gasteiger charge is -2.27. The molecule has 1 N–H and O–H groups in total. The van der Waals surface area contributed by atoms with E-state index in [1.165, 1.54) is 29.9 Å². The molecule has 0 bridgehead atoms. The smallest absolute Gasteiger partial charge is 0.0504 e. The molecule has 0 fully saturated rings. The van der Waals surface area contributed by atoms with Gasteiger partial charge >= 0.3 is 0 Å². The fourth-order valence-corrected chi connectivity index (χ4v) is 5.41. The van der Waals surface area contributed by atoms with Crippen LogP contribution in [0.2, 0.25) is 0 Å². The monoisotopic (exact) mass is 300 g/mol. The van der Waals surface area contributed by atoms with Gasteiger partial charge in [0, 0.05) is 5.66 Å². The minimum absolute atomic E-state index is 0.277. The molecule has 0 saturated heterocycles. The quantitative estimate of drug-likeness (QED) is 0.576. The molecule has 0 radical (unpaired) electrons. The first kappa shape index (κ1) is 16.2. The Bertz CT molecular complexity index is 458. The Morgan fingerprint density at radius 2 is 1.38 bits per heavy atom. The van der Waals surface area contributed by atoms with Crippen molar-refractivity contribution >= 4 is 18.5 Å². The highest BCUT2D eigenvalue weighted by Crippen LogP contribution is 2.41. The highest BCUT2D eigenvalue weighted by molar-refractivity contribution is 7.73. The minimum atomic E-state index is -0.481. The predicted molar refractivity (Wildman–Crippen MR) is 94.1 cm³/mol. The van der Waals surface area contributed by atoms with Crippen LogP contribution in [0.3, 0.4) is 0 Å². The number of aliphatic hydroxyl groups excluding tert-OH is 1. The van der Waals surface area contributed by atoms with Gasteiger partial charge in [0.1, 0.15) is 0 Å². The van der Waals surface area contributed by atoms with Crippen LogP contribution >= 0.6 is 7.92 Å². The molecule has 0 aliphatic rings. The molecule has 2 aromatic rings. The topological polar surface area (TPSA) is 20.2 Å². The third kappa shape index (κ3) is 4.66. The highest BCUT2D eigenvalue weighted by atomic mass is 31.1. The van der Waals surface area contributed by atoms with Crippen molar-refractivity contribution in [3.8, 4) is 0 Å². The van der Waals surface area contributed by atoms with E-state index in [1.54, 1.807) is 0 Å². The zero-order valence-corrected chi connectivity index (χ0v) is 13.7. The van der Waals surface area contributed by atoms with E-state index in [1.807, 2.05) is 0 Å². The Labute approximate surface area is 129 Å². The van der Waals surface area contributed by atoms with E-state index >= 15 is 0 Å². The summed E-state index contributed by atoms with van der Waals surface area (Å²) in [6.45, 7) is 2.50. The Balaban J connectivity index is 2.27. The van der Waals surface area contributed by atoms with Crippen molar-refractivity contribution in [3.63, 3.8) is 0 Å². The Hall–Kier alpha value is -1.17. The molecule has 21 heavy (non-hydrogen) atoms. The van der Waals surface area contributed by atoms with Crippen LogP contribution in [0.15, 0.2) is 60.7 Å². The molecule has 0 heterocycles. The summed E-state index contributed by atoms with van der Waals surface area (Å²) in [5, 5.41) is 12.7. The number of hydrogen-bond acceptors (Lipinski definition) is 1. The molecule has 1 atom stereocenters. The average molecular weight is 300 g/mol. The van der Waals surface area contributed by atoms with Crippen LogP contribution < -0.4 is 10.6 Å². The molecule has 0 unspecified atom stereocenters. The summed E-state index contributed by atoms with van der Waals surface area (Å²) in [6.07, 6.45) is 4.80. The van der Waals surface area contributed by atoms with Gasteiger partial charge in [-0.25, -0.2) is 0 Å².